The normalized spacial score (nSPS) is 15.8. The van der Waals surface area contributed by atoms with Crippen molar-refractivity contribution in [2.24, 2.45) is 0 Å². The van der Waals surface area contributed by atoms with Crippen LogP contribution in [0.2, 0.25) is 0 Å². The SMILES string of the molecule is COCC1=C(OC(C)=O)c2ccccc2C1CC(=O)c1ccccc1. The van der Waals surface area contributed by atoms with Gasteiger partial charge >= 0.3 is 5.97 Å². The van der Waals surface area contributed by atoms with Crippen molar-refractivity contribution in [1.29, 1.82) is 0 Å². The van der Waals surface area contributed by atoms with Gasteiger partial charge < -0.3 is 9.47 Å². The van der Waals surface area contributed by atoms with E-state index in [1.54, 1.807) is 7.11 Å². The van der Waals surface area contributed by atoms with Gasteiger partial charge in [0.25, 0.3) is 0 Å². The van der Waals surface area contributed by atoms with Gasteiger partial charge in [-0.3, -0.25) is 9.59 Å². The molecule has 0 heterocycles. The fourth-order valence-electron chi connectivity index (χ4n) is 3.27. The second-order valence-electron chi connectivity index (χ2n) is 6.01. The summed E-state index contributed by atoms with van der Waals surface area (Å²) in [7, 11) is 1.59. The van der Waals surface area contributed by atoms with Crippen LogP contribution in [0.5, 0.6) is 0 Å². The highest BCUT2D eigenvalue weighted by Gasteiger charge is 2.34. The van der Waals surface area contributed by atoms with Crippen molar-refractivity contribution in [3.63, 3.8) is 0 Å². The molecule has 4 heteroatoms. The van der Waals surface area contributed by atoms with Gasteiger partial charge in [-0.2, -0.15) is 0 Å². The summed E-state index contributed by atoms with van der Waals surface area (Å²) in [5, 5.41) is 0. The van der Waals surface area contributed by atoms with Crippen molar-refractivity contribution in [1.82, 2.24) is 0 Å². The number of ketones is 1. The van der Waals surface area contributed by atoms with E-state index in [2.05, 4.69) is 0 Å². The Bertz CT molecular complexity index is 821. The van der Waals surface area contributed by atoms with Gasteiger partial charge in [-0.1, -0.05) is 54.6 Å². The quantitative estimate of drug-likeness (QED) is 0.591. The average Bonchev–Trinajstić information content (AvgIpc) is 2.89. The lowest BCUT2D eigenvalue weighted by Crippen LogP contribution is -2.11. The zero-order chi connectivity index (χ0) is 17.8. The molecule has 0 saturated carbocycles. The molecule has 4 nitrogen and oxygen atoms in total. The summed E-state index contributed by atoms with van der Waals surface area (Å²) in [6.45, 7) is 1.69. The molecule has 0 aromatic heterocycles. The minimum atomic E-state index is -0.381. The maximum Gasteiger partial charge on any atom is 0.308 e. The lowest BCUT2D eigenvalue weighted by Gasteiger charge is -2.15. The van der Waals surface area contributed by atoms with Crippen molar-refractivity contribution in [3.05, 3.63) is 76.9 Å². The number of carbonyl (C=O) groups excluding carboxylic acids is 2. The maximum atomic E-state index is 12.7. The number of hydrogen-bond acceptors (Lipinski definition) is 4. The van der Waals surface area contributed by atoms with Crippen molar-refractivity contribution in [2.75, 3.05) is 13.7 Å². The molecule has 0 bridgehead atoms. The van der Waals surface area contributed by atoms with Gasteiger partial charge in [-0.25, -0.2) is 0 Å². The molecule has 128 valence electrons. The largest absolute Gasteiger partial charge is 0.426 e. The lowest BCUT2D eigenvalue weighted by molar-refractivity contribution is -0.134. The maximum absolute atomic E-state index is 12.7. The van der Waals surface area contributed by atoms with Gasteiger partial charge in [-0.05, 0) is 5.56 Å². The molecule has 0 amide bonds. The first-order chi connectivity index (χ1) is 12.1. The summed E-state index contributed by atoms with van der Waals surface area (Å²) in [6, 6.07) is 16.9. The Kier molecular flexibility index (Phi) is 5.10. The molecular formula is C21H20O4. The highest BCUT2D eigenvalue weighted by atomic mass is 16.5. The topological polar surface area (TPSA) is 52.6 Å². The molecule has 0 aliphatic heterocycles. The van der Waals surface area contributed by atoms with Gasteiger partial charge in [0.15, 0.2) is 5.78 Å². The van der Waals surface area contributed by atoms with E-state index in [0.717, 1.165) is 16.7 Å². The van der Waals surface area contributed by atoms with Crippen LogP contribution in [-0.4, -0.2) is 25.5 Å². The van der Waals surface area contributed by atoms with E-state index in [1.165, 1.54) is 6.92 Å². The molecule has 2 aromatic rings. The number of esters is 1. The number of Topliss-reactive ketones (excluding diaryl/α,β-unsaturated/α-hetero) is 1. The third-order valence-corrected chi connectivity index (χ3v) is 4.32. The number of methoxy groups -OCH3 is 1. The molecular weight excluding hydrogens is 316 g/mol. The molecule has 0 spiro atoms. The van der Waals surface area contributed by atoms with Crippen molar-refractivity contribution in [3.8, 4) is 0 Å². The standard InChI is InChI=1S/C21H20O4/c1-14(22)25-21-17-11-7-6-10-16(17)18(19(21)13-24-2)12-20(23)15-8-4-3-5-9-15/h3-11,18H,12-13H2,1-2H3. The molecule has 0 radical (unpaired) electrons. The van der Waals surface area contributed by atoms with Crippen LogP contribution in [0, 0.1) is 0 Å². The second kappa shape index (κ2) is 7.45. The van der Waals surface area contributed by atoms with E-state index in [0.29, 0.717) is 24.4 Å². The van der Waals surface area contributed by atoms with Crippen molar-refractivity contribution >= 4 is 17.5 Å². The zero-order valence-corrected chi connectivity index (χ0v) is 14.3. The number of fused-ring (bicyclic) bond motifs is 1. The fourth-order valence-corrected chi connectivity index (χ4v) is 3.27. The monoisotopic (exact) mass is 336 g/mol. The van der Waals surface area contributed by atoms with E-state index >= 15 is 0 Å². The second-order valence-corrected chi connectivity index (χ2v) is 6.01. The Balaban J connectivity index is 1.99. The van der Waals surface area contributed by atoms with Gasteiger partial charge in [-0.15, -0.1) is 0 Å². The summed E-state index contributed by atoms with van der Waals surface area (Å²) < 4.78 is 10.8. The van der Waals surface area contributed by atoms with Crippen molar-refractivity contribution in [2.45, 2.75) is 19.3 Å². The number of hydrogen-bond donors (Lipinski definition) is 0. The zero-order valence-electron chi connectivity index (χ0n) is 14.3. The van der Waals surface area contributed by atoms with E-state index in [4.69, 9.17) is 9.47 Å². The van der Waals surface area contributed by atoms with E-state index in [1.807, 2.05) is 54.6 Å². The van der Waals surface area contributed by atoms with Crippen molar-refractivity contribution < 1.29 is 19.1 Å². The molecule has 2 aromatic carbocycles. The number of carbonyl (C=O) groups is 2. The number of ether oxygens (including phenoxy) is 2. The van der Waals surface area contributed by atoms with Gasteiger partial charge in [0.05, 0.1) is 6.61 Å². The lowest BCUT2D eigenvalue weighted by atomic mass is 9.89. The summed E-state index contributed by atoms with van der Waals surface area (Å²) >= 11 is 0. The van der Waals surface area contributed by atoms with Crippen LogP contribution in [0.4, 0.5) is 0 Å². The van der Waals surface area contributed by atoms with E-state index in [9.17, 15) is 9.59 Å². The molecule has 0 saturated heterocycles. The van der Waals surface area contributed by atoms with Gasteiger partial charge in [0, 0.05) is 43.1 Å². The Hall–Kier alpha value is -2.72. The van der Waals surface area contributed by atoms with E-state index in [-0.39, 0.29) is 17.7 Å². The summed E-state index contributed by atoms with van der Waals surface area (Å²) in [5.74, 6) is 0.0422. The summed E-state index contributed by atoms with van der Waals surface area (Å²) in [5.41, 5.74) is 3.37. The average molecular weight is 336 g/mol. The molecule has 1 aliphatic carbocycles. The summed E-state index contributed by atoms with van der Waals surface area (Å²) in [6.07, 6.45) is 0.310. The Morgan fingerprint density at radius 2 is 1.68 bits per heavy atom. The Labute approximate surface area is 147 Å². The first-order valence-electron chi connectivity index (χ1n) is 8.19. The minimum absolute atomic E-state index is 0.0538. The van der Waals surface area contributed by atoms with Crippen LogP contribution in [0.1, 0.15) is 40.7 Å². The highest BCUT2D eigenvalue weighted by Crippen LogP contribution is 2.44. The van der Waals surface area contributed by atoms with E-state index < -0.39 is 0 Å². The van der Waals surface area contributed by atoms with Crippen LogP contribution in [0.3, 0.4) is 0 Å². The first-order valence-corrected chi connectivity index (χ1v) is 8.19. The van der Waals surface area contributed by atoms with Gasteiger partial charge in [0.2, 0.25) is 0 Å². The first kappa shape index (κ1) is 17.1. The minimum Gasteiger partial charge on any atom is -0.426 e. The van der Waals surface area contributed by atoms with Crippen LogP contribution in [0.25, 0.3) is 5.76 Å². The fraction of sp³-hybridized carbons (Fsp3) is 0.238. The molecule has 1 atom stereocenters. The number of benzene rings is 2. The summed E-state index contributed by atoms with van der Waals surface area (Å²) in [4.78, 5) is 24.3. The molecule has 3 rings (SSSR count). The molecule has 0 fully saturated rings. The third kappa shape index (κ3) is 3.54. The molecule has 1 aliphatic rings. The Morgan fingerprint density at radius 1 is 1.00 bits per heavy atom. The van der Waals surface area contributed by atoms with Gasteiger partial charge in [0.1, 0.15) is 5.76 Å². The number of rotatable bonds is 6. The molecule has 0 N–H and O–H groups in total. The smallest absolute Gasteiger partial charge is 0.308 e. The van der Waals surface area contributed by atoms with Crippen LogP contribution < -0.4 is 0 Å². The predicted molar refractivity (Wildman–Crippen MR) is 95.1 cm³/mol. The Morgan fingerprint density at radius 3 is 2.36 bits per heavy atom. The highest BCUT2D eigenvalue weighted by molar-refractivity contribution is 5.97. The van der Waals surface area contributed by atoms with Crippen LogP contribution in [0.15, 0.2) is 60.2 Å². The molecule has 1 unspecified atom stereocenters. The third-order valence-electron chi connectivity index (χ3n) is 4.32. The van der Waals surface area contributed by atoms with Crippen LogP contribution >= 0.6 is 0 Å². The van der Waals surface area contributed by atoms with Crippen LogP contribution in [-0.2, 0) is 14.3 Å². The molecule has 25 heavy (non-hydrogen) atoms. The predicted octanol–water partition coefficient (Wildman–Crippen LogP) is 3.98.